The molecule has 0 radical (unpaired) electrons. The lowest BCUT2D eigenvalue weighted by atomic mass is 10.1. The molecule has 2 saturated heterocycles. The molecule has 1 aromatic carbocycles. The van der Waals surface area contributed by atoms with Crippen LogP contribution in [-0.2, 0) is 27.8 Å². The van der Waals surface area contributed by atoms with Gasteiger partial charge in [-0.3, -0.25) is 32.8 Å². The summed E-state index contributed by atoms with van der Waals surface area (Å²) in [7, 11) is 1.33. The smallest absolute Gasteiger partial charge is 0.389 e. The monoisotopic (exact) mass is 762 g/mol. The minimum absolute atomic E-state index is 0.140. The Hall–Kier alpha value is -3.98. The van der Waals surface area contributed by atoms with E-state index in [4.69, 9.17) is 29.0 Å². The van der Waals surface area contributed by atoms with Gasteiger partial charge in [0, 0.05) is 43.7 Å². The third kappa shape index (κ3) is 8.46. The second-order valence-electron chi connectivity index (χ2n) is 12.0. The molecule has 2 aliphatic rings. The summed E-state index contributed by atoms with van der Waals surface area (Å²) < 4.78 is 46.9. The van der Waals surface area contributed by atoms with Crippen molar-refractivity contribution in [1.82, 2.24) is 34.4 Å². The number of anilines is 1. The van der Waals surface area contributed by atoms with Gasteiger partial charge < -0.3 is 35.5 Å². The molecule has 3 aromatic heterocycles. The SMILES string of the molecule is COC1C(OP(=O)(OCC2O[C@@H](n3cnc4c(N)ncnc43)C[C@H]2O)SCCCCNC(=O)c2ccccc2)C(CO)OC1n1ccc(=O)[nH]c1=O. The van der Waals surface area contributed by atoms with E-state index in [1.54, 1.807) is 28.8 Å². The van der Waals surface area contributed by atoms with Crippen LogP contribution in [0.1, 0.15) is 42.1 Å². The largest absolute Gasteiger partial charge is 0.394 e. The molecule has 6 N–H and O–H groups in total. The van der Waals surface area contributed by atoms with Gasteiger partial charge in [0.1, 0.15) is 42.5 Å². The van der Waals surface area contributed by atoms with E-state index in [1.807, 2.05) is 6.07 Å². The van der Waals surface area contributed by atoms with Crippen molar-refractivity contribution in [2.75, 3.05) is 38.4 Å². The summed E-state index contributed by atoms with van der Waals surface area (Å²) >= 11 is 0.886. The number of hydrogen-bond donors (Lipinski definition) is 5. The Morgan fingerprint density at radius 3 is 2.67 bits per heavy atom. The Bertz CT molecular complexity index is 2000. The van der Waals surface area contributed by atoms with Gasteiger partial charge in [-0.15, -0.1) is 0 Å². The lowest BCUT2D eigenvalue weighted by molar-refractivity contribution is -0.0625. The zero-order chi connectivity index (χ0) is 36.8. The predicted octanol–water partition coefficient (Wildman–Crippen LogP) is 0.965. The minimum Gasteiger partial charge on any atom is -0.394 e. The summed E-state index contributed by atoms with van der Waals surface area (Å²) in [5.74, 6) is 0.251. The fraction of sp³-hybridized carbons (Fsp3) is 0.484. The fourth-order valence-electron chi connectivity index (χ4n) is 5.91. The first-order chi connectivity index (χ1) is 25.1. The number of nitrogen functional groups attached to an aromatic ring is 1. The number of fused-ring (bicyclic) bond motifs is 1. The van der Waals surface area contributed by atoms with E-state index in [2.05, 4.69) is 25.3 Å². The average Bonchev–Trinajstić information content (AvgIpc) is 3.84. The van der Waals surface area contributed by atoms with Gasteiger partial charge in [-0.2, -0.15) is 0 Å². The van der Waals surface area contributed by atoms with Crippen molar-refractivity contribution >= 4 is 41.1 Å². The summed E-state index contributed by atoms with van der Waals surface area (Å²) in [6.45, 7) is -4.74. The molecule has 6 rings (SSSR count). The number of unbranched alkanes of at least 4 members (excludes halogenated alkanes) is 1. The Kier molecular flexibility index (Phi) is 12.2. The second kappa shape index (κ2) is 16.8. The number of H-pyrrole nitrogens is 1. The van der Waals surface area contributed by atoms with Gasteiger partial charge in [0.2, 0.25) is 0 Å². The van der Waals surface area contributed by atoms with Gasteiger partial charge in [-0.05, 0) is 36.4 Å². The first-order valence-corrected chi connectivity index (χ1v) is 19.5. The Morgan fingerprint density at radius 1 is 1.12 bits per heavy atom. The molecular weight excluding hydrogens is 723 g/mol. The number of amides is 1. The summed E-state index contributed by atoms with van der Waals surface area (Å²) in [4.78, 5) is 51.3. The van der Waals surface area contributed by atoms with Crippen LogP contribution in [0.5, 0.6) is 0 Å². The van der Waals surface area contributed by atoms with Crippen molar-refractivity contribution in [2.45, 2.75) is 62.2 Å². The topological polar surface area (TPSA) is 257 Å². The number of rotatable bonds is 16. The van der Waals surface area contributed by atoms with Crippen molar-refractivity contribution in [3.63, 3.8) is 0 Å². The quantitative estimate of drug-likeness (QED) is 0.0787. The van der Waals surface area contributed by atoms with Crippen LogP contribution in [0.25, 0.3) is 11.2 Å². The predicted molar refractivity (Wildman–Crippen MR) is 186 cm³/mol. The van der Waals surface area contributed by atoms with Crippen molar-refractivity contribution in [1.29, 1.82) is 0 Å². The molecule has 0 saturated carbocycles. The maximum atomic E-state index is 14.5. The zero-order valence-corrected chi connectivity index (χ0v) is 29.6. The van der Waals surface area contributed by atoms with E-state index < -0.39 is 67.6 Å². The van der Waals surface area contributed by atoms with Crippen LogP contribution in [-0.4, -0.2) is 108 Å². The van der Waals surface area contributed by atoms with Gasteiger partial charge in [0.05, 0.1) is 25.6 Å². The van der Waals surface area contributed by atoms with E-state index >= 15 is 0 Å². The van der Waals surface area contributed by atoms with Crippen LogP contribution in [0.4, 0.5) is 5.82 Å². The van der Waals surface area contributed by atoms with Crippen molar-refractivity contribution in [3.05, 3.63) is 81.7 Å². The highest BCUT2D eigenvalue weighted by Crippen LogP contribution is 2.63. The molecule has 0 aliphatic carbocycles. The van der Waals surface area contributed by atoms with Crippen LogP contribution in [0.3, 0.4) is 0 Å². The van der Waals surface area contributed by atoms with Crippen molar-refractivity contribution in [3.8, 4) is 0 Å². The lowest BCUT2D eigenvalue weighted by Gasteiger charge is -2.28. The molecular formula is C31H39N8O11PS. The zero-order valence-electron chi connectivity index (χ0n) is 27.9. The number of aromatic nitrogens is 6. The summed E-state index contributed by atoms with van der Waals surface area (Å²) in [5.41, 5.74) is 5.83. The first kappa shape index (κ1) is 37.8. The molecule has 52 heavy (non-hydrogen) atoms. The van der Waals surface area contributed by atoms with Crippen LogP contribution in [0.15, 0.2) is 64.8 Å². The van der Waals surface area contributed by atoms with E-state index in [1.165, 1.54) is 26.0 Å². The van der Waals surface area contributed by atoms with Gasteiger partial charge >= 0.3 is 12.5 Å². The van der Waals surface area contributed by atoms with Gasteiger partial charge in [-0.25, -0.2) is 24.3 Å². The number of nitrogens with one attached hydrogen (secondary N) is 2. The lowest BCUT2D eigenvalue weighted by Crippen LogP contribution is -2.39. The van der Waals surface area contributed by atoms with Crippen LogP contribution >= 0.6 is 18.2 Å². The number of carbonyl (C=O) groups excluding carboxylic acids is 1. The number of imidazole rings is 1. The molecule has 2 aliphatic heterocycles. The van der Waals surface area contributed by atoms with Crippen LogP contribution < -0.4 is 22.3 Å². The first-order valence-electron chi connectivity index (χ1n) is 16.4. The molecule has 2 fully saturated rings. The number of ether oxygens (including phenoxy) is 3. The van der Waals surface area contributed by atoms with Crippen molar-refractivity contribution in [2.24, 2.45) is 0 Å². The number of nitrogens with zero attached hydrogens (tertiary/aromatic N) is 5. The molecule has 19 nitrogen and oxygen atoms in total. The van der Waals surface area contributed by atoms with E-state index in [9.17, 15) is 29.2 Å². The van der Waals surface area contributed by atoms with E-state index in [0.717, 1.165) is 22.0 Å². The summed E-state index contributed by atoms with van der Waals surface area (Å²) in [5, 5.41) is 24.0. The maximum Gasteiger partial charge on any atom is 0.389 e. The maximum absolute atomic E-state index is 14.5. The Labute approximate surface area is 300 Å². The minimum atomic E-state index is -4.16. The Balaban J connectivity index is 1.14. The average molecular weight is 763 g/mol. The normalized spacial score (nSPS) is 25.7. The highest BCUT2D eigenvalue weighted by molar-refractivity contribution is 8.55. The molecule has 4 aromatic rings. The van der Waals surface area contributed by atoms with Gasteiger partial charge in [-0.1, -0.05) is 18.2 Å². The fourth-order valence-corrected chi connectivity index (χ4v) is 9.49. The van der Waals surface area contributed by atoms with Gasteiger partial charge in [0.15, 0.2) is 17.7 Å². The number of aliphatic hydroxyl groups is 2. The molecule has 5 heterocycles. The highest BCUT2D eigenvalue weighted by Gasteiger charge is 2.50. The molecule has 0 bridgehead atoms. The number of aliphatic hydroxyl groups excluding tert-OH is 2. The van der Waals surface area contributed by atoms with Crippen LogP contribution in [0.2, 0.25) is 0 Å². The number of methoxy groups -OCH3 is 1. The van der Waals surface area contributed by atoms with E-state index in [-0.39, 0.29) is 30.5 Å². The highest BCUT2D eigenvalue weighted by atomic mass is 32.7. The molecule has 1 amide bonds. The number of hydrogen-bond acceptors (Lipinski definition) is 16. The third-order valence-corrected chi connectivity index (χ3v) is 12.4. The number of nitrogens with two attached hydrogens (primary N) is 1. The van der Waals surface area contributed by atoms with Gasteiger partial charge in [0.25, 0.3) is 11.5 Å². The molecule has 0 spiro atoms. The van der Waals surface area contributed by atoms with Crippen LogP contribution in [0, 0.1) is 0 Å². The number of benzene rings is 1. The van der Waals surface area contributed by atoms with E-state index in [0.29, 0.717) is 36.1 Å². The molecule has 280 valence electrons. The Morgan fingerprint density at radius 2 is 1.92 bits per heavy atom. The number of aromatic amines is 1. The summed E-state index contributed by atoms with van der Waals surface area (Å²) in [6, 6.07) is 9.92. The summed E-state index contributed by atoms with van der Waals surface area (Å²) in [6.07, 6.45) is -2.03. The standard InChI is InChI=1S/C31H39N8O11PS/c1-46-26-25(20(14-40)49-30(26)38-11-9-22(42)37-31(38)44)50-51(45,52-12-6-5-10-33-29(43)18-7-3-2-4-8-18)47-15-21-19(41)13-23(48-21)39-17-36-24-27(32)34-16-35-28(24)39/h2-4,7-9,11,16-17,19-21,23,25-26,30,40-41H,5-6,10,12-15H2,1H3,(H,33,43)(H2,32,34,35)(H,37,42,44)/t19-,20?,21?,23-,25?,26?,30?,51?/m1/s1. The van der Waals surface area contributed by atoms with Crippen molar-refractivity contribution < 1.29 is 42.8 Å². The molecule has 8 atom stereocenters. The second-order valence-corrected chi connectivity index (χ2v) is 16.1. The third-order valence-electron chi connectivity index (χ3n) is 8.55. The molecule has 6 unspecified atom stereocenters. The molecule has 21 heteroatoms. The number of carbonyl (C=O) groups is 1.